The van der Waals surface area contributed by atoms with Crippen molar-refractivity contribution in [3.63, 3.8) is 0 Å². The van der Waals surface area contributed by atoms with Gasteiger partial charge in [0, 0.05) is 12.4 Å². The van der Waals surface area contributed by atoms with E-state index < -0.39 is 35.2 Å². The van der Waals surface area contributed by atoms with E-state index in [0.717, 1.165) is 22.9 Å². The van der Waals surface area contributed by atoms with Crippen LogP contribution in [-0.2, 0) is 6.54 Å². The van der Waals surface area contributed by atoms with E-state index in [9.17, 15) is 18.4 Å². The van der Waals surface area contributed by atoms with Crippen molar-refractivity contribution in [1.82, 2.24) is 19.2 Å². The number of carbonyl (C=O) groups excluding carboxylic acids is 1. The minimum absolute atomic E-state index is 0.259. The maximum atomic E-state index is 13.5. The number of hydrogen-bond donors (Lipinski definition) is 0. The maximum Gasteiger partial charge on any atom is 0.350 e. The highest BCUT2D eigenvalue weighted by atomic mass is 19.1. The molecule has 21 heavy (non-hydrogen) atoms. The van der Waals surface area contributed by atoms with Crippen molar-refractivity contribution < 1.29 is 13.6 Å². The number of ketones is 1. The average Bonchev–Trinajstić information content (AvgIpc) is 2.78. The van der Waals surface area contributed by atoms with E-state index in [0.29, 0.717) is 0 Å². The van der Waals surface area contributed by atoms with E-state index in [4.69, 9.17) is 0 Å². The van der Waals surface area contributed by atoms with Gasteiger partial charge in [0.2, 0.25) is 0 Å². The first-order chi connectivity index (χ1) is 10.1. The summed E-state index contributed by atoms with van der Waals surface area (Å²) in [5.41, 5.74) is -0.718. The summed E-state index contributed by atoms with van der Waals surface area (Å²) >= 11 is 0. The maximum absolute atomic E-state index is 13.5. The van der Waals surface area contributed by atoms with E-state index >= 15 is 0 Å². The van der Waals surface area contributed by atoms with Crippen molar-refractivity contribution in [2.45, 2.75) is 6.54 Å². The molecular weight excluding hydrogens is 282 g/mol. The Balaban J connectivity index is 1.98. The standard InChI is InChI=1S/C13H8F2N4O2/c14-8-1-2-10(15)9(5-8)11(20)7-19-13(21)18-4-3-16-6-12(18)17-19/h1-6H,7H2. The van der Waals surface area contributed by atoms with Crippen LogP contribution in [0.4, 0.5) is 8.78 Å². The average molecular weight is 290 g/mol. The fraction of sp³-hybridized carbons (Fsp3) is 0.0769. The van der Waals surface area contributed by atoms with Crippen LogP contribution in [0.1, 0.15) is 10.4 Å². The van der Waals surface area contributed by atoms with Crippen molar-refractivity contribution in [2.75, 3.05) is 0 Å². The van der Waals surface area contributed by atoms with Crippen LogP contribution in [0.15, 0.2) is 41.6 Å². The number of carbonyl (C=O) groups is 1. The summed E-state index contributed by atoms with van der Waals surface area (Å²) in [6.45, 7) is -0.485. The van der Waals surface area contributed by atoms with Crippen molar-refractivity contribution in [3.05, 3.63) is 64.5 Å². The highest BCUT2D eigenvalue weighted by Crippen LogP contribution is 2.11. The molecule has 3 rings (SSSR count). The number of halogens is 2. The van der Waals surface area contributed by atoms with Crippen LogP contribution < -0.4 is 5.69 Å². The van der Waals surface area contributed by atoms with E-state index in [1.807, 2.05) is 0 Å². The van der Waals surface area contributed by atoms with Crippen LogP contribution >= 0.6 is 0 Å². The van der Waals surface area contributed by atoms with Gasteiger partial charge in [0.05, 0.1) is 11.8 Å². The van der Waals surface area contributed by atoms with Gasteiger partial charge in [-0.1, -0.05) is 0 Å². The fourth-order valence-electron chi connectivity index (χ4n) is 1.92. The lowest BCUT2D eigenvalue weighted by atomic mass is 10.1. The van der Waals surface area contributed by atoms with Crippen LogP contribution in [0.5, 0.6) is 0 Å². The van der Waals surface area contributed by atoms with Crippen LogP contribution in [0.25, 0.3) is 5.65 Å². The third kappa shape index (κ3) is 2.31. The van der Waals surface area contributed by atoms with Crippen LogP contribution in [-0.4, -0.2) is 24.9 Å². The van der Waals surface area contributed by atoms with E-state index in [-0.39, 0.29) is 5.65 Å². The van der Waals surface area contributed by atoms with Crippen molar-refractivity contribution in [2.24, 2.45) is 0 Å². The van der Waals surface area contributed by atoms with Crippen molar-refractivity contribution in [1.29, 1.82) is 0 Å². The second kappa shape index (κ2) is 4.89. The van der Waals surface area contributed by atoms with Crippen molar-refractivity contribution >= 4 is 11.4 Å². The number of fused-ring (bicyclic) bond motifs is 1. The SMILES string of the molecule is O=C(Cn1nc2cnccn2c1=O)c1cc(F)ccc1F. The molecule has 0 amide bonds. The summed E-state index contributed by atoms with van der Waals surface area (Å²) in [5, 5.41) is 3.90. The number of aromatic nitrogens is 4. The topological polar surface area (TPSA) is 69.3 Å². The minimum atomic E-state index is -0.847. The molecule has 106 valence electrons. The van der Waals surface area contributed by atoms with Gasteiger partial charge in [-0.15, -0.1) is 5.10 Å². The van der Waals surface area contributed by atoms with Gasteiger partial charge in [-0.2, -0.15) is 0 Å². The lowest BCUT2D eigenvalue weighted by molar-refractivity contribution is 0.0962. The summed E-state index contributed by atoms with van der Waals surface area (Å²) in [7, 11) is 0. The van der Waals surface area contributed by atoms with Gasteiger partial charge in [0.15, 0.2) is 11.4 Å². The molecule has 0 aliphatic heterocycles. The minimum Gasteiger partial charge on any atom is -0.292 e. The molecule has 8 heteroatoms. The number of benzene rings is 1. The summed E-state index contributed by atoms with van der Waals surface area (Å²) < 4.78 is 28.7. The molecule has 0 aliphatic carbocycles. The van der Waals surface area contributed by atoms with Gasteiger partial charge in [0.1, 0.15) is 18.2 Å². The van der Waals surface area contributed by atoms with Crippen molar-refractivity contribution in [3.8, 4) is 0 Å². The molecule has 0 saturated carbocycles. The summed E-state index contributed by atoms with van der Waals surface area (Å²) in [6.07, 6.45) is 4.15. The van der Waals surface area contributed by atoms with E-state index in [1.165, 1.54) is 23.0 Å². The fourth-order valence-corrected chi connectivity index (χ4v) is 1.92. The Bertz CT molecular complexity index is 901. The van der Waals surface area contributed by atoms with Gasteiger partial charge < -0.3 is 0 Å². The number of hydrogen-bond acceptors (Lipinski definition) is 4. The lowest BCUT2D eigenvalue weighted by Gasteiger charge is -2.02. The lowest BCUT2D eigenvalue weighted by Crippen LogP contribution is -2.25. The molecule has 0 aliphatic rings. The Morgan fingerprint density at radius 1 is 1.29 bits per heavy atom. The third-order valence-electron chi connectivity index (χ3n) is 2.91. The summed E-state index contributed by atoms with van der Waals surface area (Å²) in [4.78, 5) is 27.7. The van der Waals surface area contributed by atoms with E-state index in [2.05, 4.69) is 10.1 Å². The molecule has 0 unspecified atom stereocenters. The second-order valence-corrected chi connectivity index (χ2v) is 4.29. The molecule has 3 aromatic rings. The van der Waals surface area contributed by atoms with Crippen LogP contribution in [0.2, 0.25) is 0 Å². The molecule has 0 spiro atoms. The third-order valence-corrected chi connectivity index (χ3v) is 2.91. The monoisotopic (exact) mass is 290 g/mol. The predicted octanol–water partition coefficient (Wildman–Crippen LogP) is 1.05. The van der Waals surface area contributed by atoms with E-state index in [1.54, 1.807) is 0 Å². The Kier molecular flexibility index (Phi) is 3.05. The highest BCUT2D eigenvalue weighted by molar-refractivity contribution is 5.96. The molecule has 0 N–H and O–H groups in total. The first-order valence-electron chi connectivity index (χ1n) is 5.94. The molecule has 0 atom stereocenters. The zero-order valence-corrected chi connectivity index (χ0v) is 10.5. The second-order valence-electron chi connectivity index (χ2n) is 4.29. The first-order valence-corrected chi connectivity index (χ1v) is 5.94. The van der Waals surface area contributed by atoms with Gasteiger partial charge in [-0.05, 0) is 18.2 Å². The smallest absolute Gasteiger partial charge is 0.292 e. The number of nitrogens with zero attached hydrogens (tertiary/aromatic N) is 4. The Morgan fingerprint density at radius 3 is 2.86 bits per heavy atom. The zero-order chi connectivity index (χ0) is 15.0. The summed E-state index contributed by atoms with van der Waals surface area (Å²) in [5.74, 6) is -2.32. The van der Waals surface area contributed by atoms with Crippen LogP contribution in [0, 0.1) is 11.6 Å². The normalized spacial score (nSPS) is 11.0. The zero-order valence-electron chi connectivity index (χ0n) is 10.5. The molecule has 0 radical (unpaired) electrons. The molecule has 0 saturated heterocycles. The van der Waals surface area contributed by atoms with Gasteiger partial charge in [-0.3, -0.25) is 9.78 Å². The number of Topliss-reactive ketones (excluding diaryl/α,β-unsaturated/α-hetero) is 1. The summed E-state index contributed by atoms with van der Waals surface area (Å²) in [6, 6.07) is 2.56. The molecule has 2 heterocycles. The number of rotatable bonds is 3. The largest absolute Gasteiger partial charge is 0.350 e. The molecule has 0 fully saturated rings. The Labute approximate surface area is 116 Å². The highest BCUT2D eigenvalue weighted by Gasteiger charge is 2.16. The Hall–Kier alpha value is -2.90. The molecule has 0 bridgehead atoms. The first kappa shape index (κ1) is 13.1. The van der Waals surface area contributed by atoms with Crippen LogP contribution in [0.3, 0.4) is 0 Å². The van der Waals surface area contributed by atoms with Gasteiger partial charge in [0.25, 0.3) is 0 Å². The predicted molar refractivity (Wildman–Crippen MR) is 67.9 cm³/mol. The molecular formula is C13H8F2N4O2. The quantitative estimate of drug-likeness (QED) is 0.676. The van der Waals surface area contributed by atoms with Gasteiger partial charge >= 0.3 is 5.69 Å². The van der Waals surface area contributed by atoms with Gasteiger partial charge in [-0.25, -0.2) is 22.7 Å². The molecule has 1 aromatic carbocycles. The Morgan fingerprint density at radius 2 is 2.10 bits per heavy atom. The molecule has 6 nitrogen and oxygen atoms in total. The molecule has 2 aromatic heterocycles.